The van der Waals surface area contributed by atoms with E-state index in [1.807, 2.05) is 0 Å². The maximum atomic E-state index is 12.1. The summed E-state index contributed by atoms with van der Waals surface area (Å²) in [5.41, 5.74) is 0.966. The molecule has 0 radical (unpaired) electrons. The standard InChI is InChI=1S/C13H12ClNO3S/c1-9-5-6-11(8-13(9)16)15-19(17,18)12-4-2-3-10(14)7-12/h2-8,15-16H,1H3. The van der Waals surface area contributed by atoms with Gasteiger partial charge in [-0.1, -0.05) is 23.7 Å². The van der Waals surface area contributed by atoms with Gasteiger partial charge in [-0.15, -0.1) is 0 Å². The highest BCUT2D eigenvalue weighted by Gasteiger charge is 2.14. The number of rotatable bonds is 3. The van der Waals surface area contributed by atoms with E-state index in [1.165, 1.54) is 18.2 Å². The summed E-state index contributed by atoms with van der Waals surface area (Å²) in [6, 6.07) is 10.5. The largest absolute Gasteiger partial charge is 0.508 e. The molecule has 0 saturated carbocycles. The van der Waals surface area contributed by atoms with Crippen molar-refractivity contribution in [1.29, 1.82) is 0 Å². The average Bonchev–Trinajstić information content (AvgIpc) is 2.33. The molecule has 19 heavy (non-hydrogen) atoms. The minimum Gasteiger partial charge on any atom is -0.508 e. The molecule has 2 aromatic rings. The Balaban J connectivity index is 2.33. The van der Waals surface area contributed by atoms with Crippen LogP contribution in [0.4, 0.5) is 5.69 Å². The Morgan fingerprint density at radius 1 is 1.16 bits per heavy atom. The number of aryl methyl sites for hydroxylation is 1. The van der Waals surface area contributed by atoms with E-state index in [-0.39, 0.29) is 10.6 Å². The summed E-state index contributed by atoms with van der Waals surface area (Å²) in [5, 5.41) is 9.90. The van der Waals surface area contributed by atoms with Gasteiger partial charge in [0.05, 0.1) is 10.6 Å². The van der Waals surface area contributed by atoms with Crippen molar-refractivity contribution in [2.75, 3.05) is 4.72 Å². The number of hydrogen-bond acceptors (Lipinski definition) is 3. The van der Waals surface area contributed by atoms with Crippen LogP contribution in [0.25, 0.3) is 0 Å². The van der Waals surface area contributed by atoms with Crippen LogP contribution in [0.2, 0.25) is 5.02 Å². The lowest BCUT2D eigenvalue weighted by Crippen LogP contribution is -2.12. The van der Waals surface area contributed by atoms with Crippen LogP contribution in [-0.2, 0) is 10.0 Å². The average molecular weight is 298 g/mol. The van der Waals surface area contributed by atoms with Gasteiger partial charge in [0.1, 0.15) is 5.75 Å². The SMILES string of the molecule is Cc1ccc(NS(=O)(=O)c2cccc(Cl)c2)cc1O. The summed E-state index contributed by atoms with van der Waals surface area (Å²) < 4.78 is 26.6. The Morgan fingerprint density at radius 2 is 1.89 bits per heavy atom. The first-order chi connectivity index (χ1) is 8.88. The molecule has 0 fully saturated rings. The fraction of sp³-hybridized carbons (Fsp3) is 0.0769. The molecule has 0 bridgehead atoms. The van der Waals surface area contributed by atoms with E-state index in [4.69, 9.17) is 11.6 Å². The van der Waals surface area contributed by atoms with Crippen molar-refractivity contribution >= 4 is 27.3 Å². The van der Waals surface area contributed by atoms with E-state index in [0.29, 0.717) is 16.3 Å². The maximum Gasteiger partial charge on any atom is 0.261 e. The van der Waals surface area contributed by atoms with Crippen molar-refractivity contribution < 1.29 is 13.5 Å². The summed E-state index contributed by atoms with van der Waals surface area (Å²) in [6.45, 7) is 1.73. The number of benzene rings is 2. The number of sulfonamides is 1. The van der Waals surface area contributed by atoms with Gasteiger partial charge in [-0.05, 0) is 36.8 Å². The zero-order valence-corrected chi connectivity index (χ0v) is 11.7. The van der Waals surface area contributed by atoms with Crippen molar-refractivity contribution in [1.82, 2.24) is 0 Å². The summed E-state index contributed by atoms with van der Waals surface area (Å²) in [7, 11) is -3.71. The topological polar surface area (TPSA) is 66.4 Å². The molecule has 100 valence electrons. The zero-order valence-electron chi connectivity index (χ0n) is 10.1. The van der Waals surface area contributed by atoms with Gasteiger partial charge >= 0.3 is 0 Å². The molecule has 0 aliphatic heterocycles. The Hall–Kier alpha value is -1.72. The first-order valence-corrected chi connectivity index (χ1v) is 7.32. The van der Waals surface area contributed by atoms with Crippen LogP contribution < -0.4 is 4.72 Å². The highest BCUT2D eigenvalue weighted by atomic mass is 35.5. The molecule has 2 rings (SSSR count). The van der Waals surface area contributed by atoms with E-state index < -0.39 is 10.0 Å². The summed E-state index contributed by atoms with van der Waals surface area (Å²) >= 11 is 5.77. The van der Waals surface area contributed by atoms with Crippen molar-refractivity contribution in [3.05, 3.63) is 53.1 Å². The van der Waals surface area contributed by atoms with Gasteiger partial charge in [0.2, 0.25) is 0 Å². The van der Waals surface area contributed by atoms with Gasteiger partial charge in [0.15, 0.2) is 0 Å². The minimum atomic E-state index is -3.71. The predicted octanol–water partition coefficient (Wildman–Crippen LogP) is 3.15. The summed E-state index contributed by atoms with van der Waals surface area (Å²) in [6.07, 6.45) is 0. The maximum absolute atomic E-state index is 12.1. The number of halogens is 1. The second-order valence-corrected chi connectivity index (χ2v) is 6.18. The van der Waals surface area contributed by atoms with Gasteiger partial charge in [0, 0.05) is 11.1 Å². The Labute approximate surface area is 116 Å². The van der Waals surface area contributed by atoms with Crippen LogP contribution in [0.3, 0.4) is 0 Å². The third kappa shape index (κ3) is 3.19. The van der Waals surface area contributed by atoms with E-state index in [9.17, 15) is 13.5 Å². The fourth-order valence-corrected chi connectivity index (χ4v) is 2.87. The van der Waals surface area contributed by atoms with E-state index in [2.05, 4.69) is 4.72 Å². The van der Waals surface area contributed by atoms with Crippen molar-refractivity contribution in [3.8, 4) is 5.75 Å². The first kappa shape index (κ1) is 13.7. The van der Waals surface area contributed by atoms with Crippen LogP contribution >= 0.6 is 11.6 Å². The number of phenolic OH excluding ortho intramolecular Hbond substituents is 1. The predicted molar refractivity (Wildman–Crippen MR) is 75.1 cm³/mol. The molecule has 0 amide bonds. The lowest BCUT2D eigenvalue weighted by molar-refractivity contribution is 0.471. The number of anilines is 1. The number of phenols is 1. The molecule has 2 N–H and O–H groups in total. The lowest BCUT2D eigenvalue weighted by Gasteiger charge is -2.09. The third-order valence-corrected chi connectivity index (χ3v) is 4.18. The van der Waals surface area contributed by atoms with Crippen molar-refractivity contribution in [2.24, 2.45) is 0 Å². The number of aromatic hydroxyl groups is 1. The van der Waals surface area contributed by atoms with E-state index in [1.54, 1.807) is 31.2 Å². The van der Waals surface area contributed by atoms with E-state index >= 15 is 0 Å². The second kappa shape index (κ2) is 5.11. The fourth-order valence-electron chi connectivity index (χ4n) is 1.52. The van der Waals surface area contributed by atoms with Crippen molar-refractivity contribution in [3.63, 3.8) is 0 Å². The quantitative estimate of drug-likeness (QED) is 0.914. The Kier molecular flexibility index (Phi) is 3.68. The monoisotopic (exact) mass is 297 g/mol. The van der Waals surface area contributed by atoms with Gasteiger partial charge in [-0.2, -0.15) is 0 Å². The molecule has 0 saturated heterocycles. The first-order valence-electron chi connectivity index (χ1n) is 5.46. The molecule has 0 spiro atoms. The molecular formula is C13H12ClNO3S. The molecule has 4 nitrogen and oxygen atoms in total. The lowest BCUT2D eigenvalue weighted by atomic mass is 10.2. The van der Waals surface area contributed by atoms with Crippen LogP contribution in [0.1, 0.15) is 5.56 Å². The molecule has 2 aromatic carbocycles. The number of hydrogen-bond donors (Lipinski definition) is 2. The van der Waals surface area contributed by atoms with Crippen LogP contribution in [0, 0.1) is 6.92 Å². The minimum absolute atomic E-state index is 0.0336. The van der Waals surface area contributed by atoms with Gasteiger partial charge in [-0.25, -0.2) is 8.42 Å². The zero-order chi connectivity index (χ0) is 14.0. The molecule has 0 atom stereocenters. The highest BCUT2D eigenvalue weighted by Crippen LogP contribution is 2.24. The Bertz CT molecular complexity index is 714. The van der Waals surface area contributed by atoms with Gasteiger partial charge in [0.25, 0.3) is 10.0 Å². The third-order valence-electron chi connectivity index (χ3n) is 2.57. The molecular weight excluding hydrogens is 286 g/mol. The number of nitrogens with one attached hydrogen (secondary N) is 1. The smallest absolute Gasteiger partial charge is 0.261 e. The van der Waals surface area contributed by atoms with Gasteiger partial charge < -0.3 is 5.11 Å². The molecule has 0 aliphatic rings. The molecule has 0 heterocycles. The highest BCUT2D eigenvalue weighted by molar-refractivity contribution is 7.92. The van der Waals surface area contributed by atoms with Crippen LogP contribution in [-0.4, -0.2) is 13.5 Å². The van der Waals surface area contributed by atoms with Crippen molar-refractivity contribution in [2.45, 2.75) is 11.8 Å². The van der Waals surface area contributed by atoms with Crippen LogP contribution in [0.5, 0.6) is 5.75 Å². The molecule has 0 aromatic heterocycles. The molecule has 6 heteroatoms. The normalized spacial score (nSPS) is 11.3. The van der Waals surface area contributed by atoms with E-state index in [0.717, 1.165) is 0 Å². The van der Waals surface area contributed by atoms with Gasteiger partial charge in [-0.3, -0.25) is 4.72 Å². The summed E-state index contributed by atoms with van der Waals surface area (Å²) in [5.74, 6) is 0.0336. The Morgan fingerprint density at radius 3 is 2.53 bits per heavy atom. The molecule has 0 unspecified atom stereocenters. The summed E-state index contributed by atoms with van der Waals surface area (Å²) in [4.78, 5) is 0.0695. The van der Waals surface area contributed by atoms with Crippen LogP contribution in [0.15, 0.2) is 47.4 Å². The molecule has 0 aliphatic carbocycles. The second-order valence-electron chi connectivity index (χ2n) is 4.06.